The Kier molecular flexibility index (Phi) is 3.62. The monoisotopic (exact) mass is 319 g/mol. The summed E-state index contributed by atoms with van der Waals surface area (Å²) in [4.78, 5) is 11.7. The van der Waals surface area contributed by atoms with Gasteiger partial charge in [-0.2, -0.15) is 0 Å². The number of carbonyl (C=O) groups excluding carboxylic acids is 1. The Hall–Kier alpha value is -1.71. The highest BCUT2D eigenvalue weighted by Crippen LogP contribution is 2.63. The fraction of sp³-hybridized carbons (Fsp3) is 0.632. The number of hydrogen-bond acceptors (Lipinski definition) is 3. The molecule has 0 N–H and O–H groups in total. The summed E-state index contributed by atoms with van der Waals surface area (Å²) in [6, 6.07) is 4.30. The maximum atomic E-state index is 11.7. The van der Waals surface area contributed by atoms with Gasteiger partial charge in [0, 0.05) is 18.6 Å². The van der Waals surface area contributed by atoms with E-state index in [0.717, 1.165) is 36.5 Å². The van der Waals surface area contributed by atoms with Crippen molar-refractivity contribution < 1.29 is 18.6 Å². The van der Waals surface area contributed by atoms with Crippen molar-refractivity contribution in [1.82, 2.24) is 0 Å². The number of ether oxygens (including phenoxy) is 2. The lowest BCUT2D eigenvalue weighted by molar-refractivity contribution is -0.153. The van der Waals surface area contributed by atoms with Crippen molar-refractivity contribution in [2.75, 3.05) is 20.8 Å². The summed E-state index contributed by atoms with van der Waals surface area (Å²) >= 11 is 0. The maximum Gasteiger partial charge on any atom is 0.302 e. The molecule has 3 rings (SSSR count). The van der Waals surface area contributed by atoms with Crippen LogP contribution < -0.4 is 4.74 Å². The summed E-state index contributed by atoms with van der Waals surface area (Å²) in [6.07, 6.45) is 1.84. The molecule has 0 bridgehead atoms. The molecule has 4 nitrogen and oxygen atoms in total. The number of fused-ring (bicyclic) bond motifs is 2. The van der Waals surface area contributed by atoms with Crippen molar-refractivity contribution in [3.8, 4) is 11.5 Å². The fourth-order valence-corrected chi connectivity index (χ4v) is 4.60. The zero-order valence-corrected chi connectivity index (χ0v) is 15.0. The average Bonchev–Trinajstić information content (AvgIpc) is 2.88. The van der Waals surface area contributed by atoms with E-state index in [1.165, 1.54) is 12.5 Å². The first-order chi connectivity index (χ1) is 10.7. The summed E-state index contributed by atoms with van der Waals surface area (Å²) in [5, 5.41) is 0. The highest BCUT2D eigenvalue weighted by molar-refractivity contribution is 5.67. The number of aryl methyl sites for hydroxylation is 1. The smallest absolute Gasteiger partial charge is 0.302 e. The molecule has 0 amide bonds. The minimum Gasteiger partial charge on any atom is -0.573 e. The number of hydrogen-bond donors (Lipinski definition) is 0. The van der Waals surface area contributed by atoms with Crippen LogP contribution in [0.5, 0.6) is 11.5 Å². The van der Waals surface area contributed by atoms with E-state index >= 15 is 0 Å². The van der Waals surface area contributed by atoms with E-state index in [-0.39, 0.29) is 22.9 Å². The Morgan fingerprint density at radius 1 is 1.35 bits per heavy atom. The standard InChI is InChI=1S/C19H27O4/c1-12-9-16-14(10-15(12)21-5)19(11-23(16)6)17(22-13(2)20)7-8-18(19,3)4/h9-10,17H,7-8,11H2,1-6H3/q+1/t17-,19+/m1/s1. The van der Waals surface area contributed by atoms with Crippen molar-refractivity contribution in [2.45, 2.75) is 52.1 Å². The molecule has 0 unspecified atom stereocenters. The van der Waals surface area contributed by atoms with Crippen molar-refractivity contribution in [3.05, 3.63) is 23.3 Å². The summed E-state index contributed by atoms with van der Waals surface area (Å²) < 4.78 is 14.5. The molecule has 0 aromatic heterocycles. The van der Waals surface area contributed by atoms with Crippen LogP contribution in [0.15, 0.2) is 12.1 Å². The van der Waals surface area contributed by atoms with E-state index in [0.29, 0.717) is 0 Å². The Bertz CT molecular complexity index is 649. The number of esters is 1. The fourth-order valence-electron chi connectivity index (χ4n) is 4.60. The Balaban J connectivity index is 2.21. The second kappa shape index (κ2) is 5.15. The van der Waals surface area contributed by atoms with Gasteiger partial charge in [-0.25, -0.2) is 0 Å². The van der Waals surface area contributed by atoms with Crippen molar-refractivity contribution in [2.24, 2.45) is 5.41 Å². The van der Waals surface area contributed by atoms with E-state index in [1.807, 2.05) is 7.11 Å². The first kappa shape index (κ1) is 16.2. The van der Waals surface area contributed by atoms with Crippen LogP contribution in [-0.4, -0.2) is 32.9 Å². The van der Waals surface area contributed by atoms with Crippen LogP contribution in [0.4, 0.5) is 0 Å². The van der Waals surface area contributed by atoms with Gasteiger partial charge in [0.05, 0.1) is 12.7 Å². The lowest BCUT2D eigenvalue weighted by atomic mass is 9.64. The zero-order chi connectivity index (χ0) is 17.0. The van der Waals surface area contributed by atoms with Gasteiger partial charge in [-0.3, -0.25) is 4.79 Å². The maximum absolute atomic E-state index is 11.7. The topological polar surface area (TPSA) is 38.2 Å². The Morgan fingerprint density at radius 2 is 2.04 bits per heavy atom. The molecule has 0 saturated heterocycles. The molecule has 23 heavy (non-hydrogen) atoms. The van der Waals surface area contributed by atoms with Gasteiger partial charge < -0.3 is 13.8 Å². The van der Waals surface area contributed by atoms with Crippen LogP contribution in [0.1, 0.15) is 44.7 Å². The molecule has 1 aliphatic heterocycles. The first-order valence-corrected chi connectivity index (χ1v) is 8.22. The number of methoxy groups -OCH3 is 1. The van der Waals surface area contributed by atoms with Crippen LogP contribution in [0, 0.1) is 12.3 Å². The van der Waals surface area contributed by atoms with Crippen LogP contribution in [0.2, 0.25) is 0 Å². The second-order valence-electron chi connectivity index (χ2n) is 7.59. The predicted octanol–water partition coefficient (Wildman–Crippen LogP) is 3.90. The van der Waals surface area contributed by atoms with Crippen LogP contribution >= 0.6 is 0 Å². The van der Waals surface area contributed by atoms with Crippen LogP contribution in [-0.2, 0) is 19.3 Å². The third-order valence-electron chi connectivity index (χ3n) is 5.89. The van der Waals surface area contributed by atoms with Gasteiger partial charge >= 0.3 is 5.97 Å². The van der Waals surface area contributed by atoms with Gasteiger partial charge in [0.15, 0.2) is 13.7 Å². The molecule has 0 radical (unpaired) electrons. The van der Waals surface area contributed by atoms with Gasteiger partial charge in [-0.1, -0.05) is 13.8 Å². The van der Waals surface area contributed by atoms with E-state index in [9.17, 15) is 4.79 Å². The summed E-state index contributed by atoms with van der Waals surface area (Å²) in [5.74, 6) is 1.84. The second-order valence-corrected chi connectivity index (χ2v) is 7.59. The molecule has 1 aromatic carbocycles. The minimum absolute atomic E-state index is 0.0416. The summed E-state index contributed by atoms with van der Waals surface area (Å²) in [6.45, 7) is 8.92. The van der Waals surface area contributed by atoms with Crippen molar-refractivity contribution in [1.29, 1.82) is 0 Å². The third kappa shape index (κ3) is 2.14. The molecule has 1 aliphatic carbocycles. The molecule has 1 aromatic rings. The molecule has 1 spiro atoms. The lowest BCUT2D eigenvalue weighted by Crippen LogP contribution is -2.48. The van der Waals surface area contributed by atoms with E-state index in [2.05, 4.69) is 37.3 Å². The van der Waals surface area contributed by atoms with Gasteiger partial charge in [0.25, 0.3) is 5.75 Å². The molecule has 2 atom stereocenters. The molecule has 1 saturated carbocycles. The SMILES string of the molecule is COc1cc2c(cc1C)[O+](C)C[C@@]21[C@H](OC(C)=O)CCC1(C)C. The van der Waals surface area contributed by atoms with E-state index < -0.39 is 0 Å². The molecular weight excluding hydrogens is 292 g/mol. The minimum atomic E-state index is -0.214. The molecule has 2 aliphatic rings. The van der Waals surface area contributed by atoms with Crippen molar-refractivity contribution >= 4 is 5.97 Å². The molecule has 1 fully saturated rings. The normalized spacial score (nSPS) is 28.1. The predicted molar refractivity (Wildman–Crippen MR) is 89.3 cm³/mol. The van der Waals surface area contributed by atoms with Crippen LogP contribution in [0.25, 0.3) is 0 Å². The largest absolute Gasteiger partial charge is 0.573 e. The van der Waals surface area contributed by atoms with E-state index in [4.69, 9.17) is 9.47 Å². The summed E-state index contributed by atoms with van der Waals surface area (Å²) in [5.41, 5.74) is 2.16. The third-order valence-corrected chi connectivity index (χ3v) is 5.89. The molecular formula is C19H27O4+. The molecule has 4 heteroatoms. The highest BCUT2D eigenvalue weighted by Gasteiger charge is 2.66. The highest BCUT2D eigenvalue weighted by atomic mass is 16.7. The molecule has 126 valence electrons. The quantitative estimate of drug-likeness (QED) is 0.613. The molecule has 1 heterocycles. The van der Waals surface area contributed by atoms with Gasteiger partial charge in [-0.15, -0.1) is 0 Å². The Morgan fingerprint density at radius 3 is 2.65 bits per heavy atom. The van der Waals surface area contributed by atoms with Gasteiger partial charge in [-0.05, 0) is 31.2 Å². The number of rotatable bonds is 2. The lowest BCUT2D eigenvalue weighted by Gasteiger charge is -2.38. The van der Waals surface area contributed by atoms with Crippen LogP contribution in [0.3, 0.4) is 0 Å². The summed E-state index contributed by atoms with van der Waals surface area (Å²) in [7, 11) is 3.75. The average molecular weight is 319 g/mol. The zero-order valence-electron chi connectivity index (χ0n) is 15.0. The van der Waals surface area contributed by atoms with E-state index in [1.54, 1.807) is 7.11 Å². The van der Waals surface area contributed by atoms with Crippen molar-refractivity contribution in [3.63, 3.8) is 0 Å². The number of benzene rings is 1. The Labute approximate surface area is 138 Å². The number of carbonyl (C=O) groups is 1. The first-order valence-electron chi connectivity index (χ1n) is 8.22. The van der Waals surface area contributed by atoms with Gasteiger partial charge in [0.2, 0.25) is 0 Å². The van der Waals surface area contributed by atoms with Gasteiger partial charge in [0.1, 0.15) is 17.3 Å².